The average Bonchev–Trinajstić information content (AvgIpc) is 2.91. The van der Waals surface area contributed by atoms with E-state index in [-0.39, 0.29) is 11.9 Å². The molecule has 2 N–H and O–H groups in total. The number of nitrogens with zero attached hydrogens (tertiary/aromatic N) is 1. The Balaban J connectivity index is 1.74. The van der Waals surface area contributed by atoms with E-state index < -0.39 is 0 Å². The van der Waals surface area contributed by atoms with E-state index in [2.05, 4.69) is 15.6 Å². The first kappa shape index (κ1) is 13.4. The fourth-order valence-electron chi connectivity index (χ4n) is 2.36. The maximum atomic E-state index is 12.3. The van der Waals surface area contributed by atoms with Crippen LogP contribution in [0.15, 0.2) is 42.5 Å². The molecule has 1 aromatic heterocycles. The minimum Gasteiger partial charge on any atom is -0.491 e. The molecule has 2 aromatic rings. The topological polar surface area (TPSA) is 63.2 Å². The van der Waals surface area contributed by atoms with Gasteiger partial charge in [0, 0.05) is 12.1 Å². The normalized spacial score (nSPS) is 16.0. The maximum absolute atomic E-state index is 12.3. The molecule has 0 bridgehead atoms. The van der Waals surface area contributed by atoms with E-state index in [1.165, 1.54) is 0 Å². The Bertz CT molecular complexity index is 657. The van der Waals surface area contributed by atoms with Crippen molar-refractivity contribution in [2.75, 3.05) is 18.5 Å². The molecule has 3 rings (SSSR count). The lowest BCUT2D eigenvalue weighted by atomic mass is 10.1. The van der Waals surface area contributed by atoms with Crippen LogP contribution in [0.3, 0.4) is 0 Å². The molecule has 1 aliphatic rings. The van der Waals surface area contributed by atoms with Crippen LogP contribution in [-0.2, 0) is 0 Å². The molecule has 1 unspecified atom stereocenters. The third-order valence-corrected chi connectivity index (χ3v) is 3.34. The number of pyridine rings is 1. The number of benzene rings is 1. The van der Waals surface area contributed by atoms with Crippen LogP contribution in [0.25, 0.3) is 0 Å². The van der Waals surface area contributed by atoms with E-state index in [4.69, 9.17) is 4.74 Å². The number of carbonyl (C=O) groups is 1. The first-order valence-corrected chi connectivity index (χ1v) is 7.01. The third-order valence-electron chi connectivity index (χ3n) is 3.34. The van der Waals surface area contributed by atoms with Gasteiger partial charge in [0.1, 0.15) is 23.9 Å². The summed E-state index contributed by atoms with van der Waals surface area (Å²) < 4.78 is 5.56. The molecule has 1 aliphatic heterocycles. The molecule has 0 radical (unpaired) electrons. The Morgan fingerprint density at radius 3 is 3.00 bits per heavy atom. The van der Waals surface area contributed by atoms with Crippen LogP contribution in [0.4, 0.5) is 5.82 Å². The van der Waals surface area contributed by atoms with Crippen molar-refractivity contribution < 1.29 is 9.53 Å². The molecule has 108 valence electrons. The summed E-state index contributed by atoms with van der Waals surface area (Å²) >= 11 is 0. The predicted molar refractivity (Wildman–Crippen MR) is 80.5 cm³/mol. The Hall–Kier alpha value is -2.56. The average molecular weight is 283 g/mol. The summed E-state index contributed by atoms with van der Waals surface area (Å²) in [4.78, 5) is 16.6. The lowest BCUT2D eigenvalue weighted by molar-refractivity contribution is 0.0925. The second-order valence-corrected chi connectivity index (χ2v) is 4.81. The highest BCUT2D eigenvalue weighted by molar-refractivity contribution is 5.93. The standard InChI is InChI=1S/C16H17N3O2/c1-2-17-15-9-5-7-12(18-15)16(20)19-13-10-21-14-8-4-3-6-11(13)14/h3-9,13H,2,10H2,1H3,(H,17,18)(H,19,20). The number of nitrogens with one attached hydrogen (secondary N) is 2. The molecule has 0 saturated carbocycles. The van der Waals surface area contributed by atoms with Gasteiger partial charge in [-0.2, -0.15) is 0 Å². The van der Waals surface area contributed by atoms with Crippen molar-refractivity contribution in [2.24, 2.45) is 0 Å². The Morgan fingerprint density at radius 1 is 1.29 bits per heavy atom. The summed E-state index contributed by atoms with van der Waals surface area (Å²) in [5.41, 5.74) is 1.41. The highest BCUT2D eigenvalue weighted by Crippen LogP contribution is 2.31. The van der Waals surface area contributed by atoms with Gasteiger partial charge in [-0.15, -0.1) is 0 Å². The van der Waals surface area contributed by atoms with E-state index in [1.807, 2.05) is 43.3 Å². The Labute approximate surface area is 123 Å². The zero-order valence-electron chi connectivity index (χ0n) is 11.8. The lowest BCUT2D eigenvalue weighted by Crippen LogP contribution is -2.30. The highest BCUT2D eigenvalue weighted by atomic mass is 16.5. The van der Waals surface area contributed by atoms with E-state index >= 15 is 0 Å². The fourth-order valence-corrected chi connectivity index (χ4v) is 2.36. The van der Waals surface area contributed by atoms with Gasteiger partial charge in [-0.3, -0.25) is 4.79 Å². The van der Waals surface area contributed by atoms with Crippen molar-refractivity contribution in [3.8, 4) is 5.75 Å². The number of hydrogen-bond donors (Lipinski definition) is 2. The lowest BCUT2D eigenvalue weighted by Gasteiger charge is -2.12. The summed E-state index contributed by atoms with van der Waals surface area (Å²) in [5, 5.41) is 6.06. The highest BCUT2D eigenvalue weighted by Gasteiger charge is 2.25. The van der Waals surface area contributed by atoms with Crippen LogP contribution in [0.1, 0.15) is 29.0 Å². The molecule has 1 amide bonds. The maximum Gasteiger partial charge on any atom is 0.270 e. The van der Waals surface area contributed by atoms with Gasteiger partial charge >= 0.3 is 0 Å². The number of aromatic nitrogens is 1. The quantitative estimate of drug-likeness (QED) is 0.904. The molecule has 0 spiro atoms. The second-order valence-electron chi connectivity index (χ2n) is 4.81. The molecule has 1 atom stereocenters. The van der Waals surface area contributed by atoms with Crippen LogP contribution in [-0.4, -0.2) is 24.0 Å². The summed E-state index contributed by atoms with van der Waals surface area (Å²) in [6, 6.07) is 13.0. The van der Waals surface area contributed by atoms with Crippen LogP contribution in [0, 0.1) is 0 Å². The minimum atomic E-state index is -0.194. The van der Waals surface area contributed by atoms with Crippen LogP contribution >= 0.6 is 0 Å². The third kappa shape index (κ3) is 2.81. The molecule has 5 nitrogen and oxygen atoms in total. The van der Waals surface area contributed by atoms with Gasteiger partial charge in [0.2, 0.25) is 0 Å². The number of amides is 1. The van der Waals surface area contributed by atoms with E-state index in [1.54, 1.807) is 6.07 Å². The first-order valence-electron chi connectivity index (χ1n) is 7.01. The molecule has 21 heavy (non-hydrogen) atoms. The van der Waals surface area contributed by atoms with Gasteiger partial charge in [-0.05, 0) is 25.1 Å². The molecular formula is C16H17N3O2. The van der Waals surface area contributed by atoms with E-state index in [0.29, 0.717) is 18.1 Å². The summed E-state index contributed by atoms with van der Waals surface area (Å²) in [7, 11) is 0. The smallest absolute Gasteiger partial charge is 0.270 e. The zero-order valence-corrected chi connectivity index (χ0v) is 11.8. The molecule has 0 aliphatic carbocycles. The number of para-hydroxylation sites is 1. The molecular weight excluding hydrogens is 266 g/mol. The molecule has 0 fully saturated rings. The molecule has 5 heteroatoms. The van der Waals surface area contributed by atoms with Gasteiger partial charge in [-0.1, -0.05) is 24.3 Å². The largest absolute Gasteiger partial charge is 0.491 e. The van der Waals surface area contributed by atoms with Crippen LogP contribution < -0.4 is 15.4 Å². The van der Waals surface area contributed by atoms with Crippen molar-refractivity contribution >= 4 is 11.7 Å². The monoisotopic (exact) mass is 283 g/mol. The van der Waals surface area contributed by atoms with Crippen LogP contribution in [0.5, 0.6) is 5.75 Å². The molecule has 2 heterocycles. The Kier molecular flexibility index (Phi) is 3.73. The summed E-state index contributed by atoms with van der Waals surface area (Å²) in [6.45, 7) is 3.21. The number of fused-ring (bicyclic) bond motifs is 1. The van der Waals surface area contributed by atoms with Crippen molar-refractivity contribution in [2.45, 2.75) is 13.0 Å². The van der Waals surface area contributed by atoms with Crippen molar-refractivity contribution in [1.82, 2.24) is 10.3 Å². The summed E-state index contributed by atoms with van der Waals surface area (Å²) in [5.74, 6) is 1.34. The number of hydrogen-bond acceptors (Lipinski definition) is 4. The van der Waals surface area contributed by atoms with Gasteiger partial charge < -0.3 is 15.4 Å². The number of anilines is 1. The fraction of sp³-hybridized carbons (Fsp3) is 0.250. The minimum absolute atomic E-state index is 0.127. The Morgan fingerprint density at radius 2 is 2.14 bits per heavy atom. The van der Waals surface area contributed by atoms with Crippen LogP contribution in [0.2, 0.25) is 0 Å². The number of carbonyl (C=O) groups excluding carboxylic acids is 1. The molecule has 1 aromatic carbocycles. The zero-order chi connectivity index (χ0) is 14.7. The molecule has 0 saturated heterocycles. The van der Waals surface area contributed by atoms with Gasteiger partial charge in [0.25, 0.3) is 5.91 Å². The SMILES string of the molecule is CCNc1cccc(C(=O)NC2COc3ccccc32)n1. The van der Waals surface area contributed by atoms with Gasteiger partial charge in [-0.25, -0.2) is 4.98 Å². The van der Waals surface area contributed by atoms with Crippen molar-refractivity contribution in [3.63, 3.8) is 0 Å². The van der Waals surface area contributed by atoms with E-state index in [0.717, 1.165) is 17.9 Å². The number of rotatable bonds is 4. The van der Waals surface area contributed by atoms with Crippen molar-refractivity contribution in [1.29, 1.82) is 0 Å². The van der Waals surface area contributed by atoms with E-state index in [9.17, 15) is 4.79 Å². The number of ether oxygens (including phenoxy) is 1. The summed E-state index contributed by atoms with van der Waals surface area (Å²) in [6.07, 6.45) is 0. The predicted octanol–water partition coefficient (Wildman–Crippen LogP) is 2.38. The van der Waals surface area contributed by atoms with Gasteiger partial charge in [0.05, 0.1) is 6.04 Å². The second kappa shape index (κ2) is 5.83. The van der Waals surface area contributed by atoms with Gasteiger partial charge in [0.15, 0.2) is 0 Å². The van der Waals surface area contributed by atoms with Crippen molar-refractivity contribution in [3.05, 3.63) is 53.7 Å². The first-order chi connectivity index (χ1) is 10.3.